The lowest BCUT2D eigenvalue weighted by atomic mass is 10.0. The van der Waals surface area contributed by atoms with Crippen LogP contribution in [0.3, 0.4) is 0 Å². The second-order valence-corrected chi connectivity index (χ2v) is 10.0. The maximum absolute atomic E-state index is 11.9. The van der Waals surface area contributed by atoms with Gasteiger partial charge in [-0.15, -0.1) is 0 Å². The quantitative estimate of drug-likeness (QED) is 0.103. The first-order valence-electron chi connectivity index (χ1n) is 13.7. The summed E-state index contributed by atoms with van der Waals surface area (Å²) in [5.74, 6) is 0.112. The van der Waals surface area contributed by atoms with Crippen molar-refractivity contribution in [3.05, 3.63) is 140 Å². The molecule has 5 heteroatoms. The first-order chi connectivity index (χ1) is 20.4. The molecule has 5 aromatic rings. The third kappa shape index (κ3) is 6.65. The lowest BCUT2D eigenvalue weighted by Gasteiger charge is -2.26. The van der Waals surface area contributed by atoms with Gasteiger partial charge in [0, 0.05) is 23.1 Å². The fourth-order valence-electron chi connectivity index (χ4n) is 4.45. The molecule has 0 bridgehead atoms. The molecule has 5 nitrogen and oxygen atoms in total. The smallest absolute Gasteiger partial charge is 0.335 e. The van der Waals surface area contributed by atoms with Crippen LogP contribution in [0, 0.1) is 5.92 Å². The second-order valence-electron chi connectivity index (χ2n) is 10.0. The monoisotopic (exact) mass is 553 g/mol. The molecular formula is C37H31NO4. The summed E-state index contributed by atoms with van der Waals surface area (Å²) in [6, 6.07) is 41.9. The molecule has 0 aliphatic carbocycles. The van der Waals surface area contributed by atoms with E-state index in [1.54, 1.807) is 12.1 Å². The number of benzene rings is 5. The zero-order chi connectivity index (χ0) is 29.5. The Morgan fingerprint density at radius 3 is 1.36 bits per heavy atom. The first-order valence-corrected chi connectivity index (χ1v) is 13.7. The summed E-state index contributed by atoms with van der Waals surface area (Å²) in [7, 11) is 0. The third-order valence-corrected chi connectivity index (χ3v) is 6.72. The molecule has 0 N–H and O–H groups in total. The van der Waals surface area contributed by atoms with Crippen LogP contribution < -0.4 is 14.4 Å². The highest BCUT2D eigenvalue weighted by atomic mass is 16.5. The van der Waals surface area contributed by atoms with Crippen LogP contribution in [-0.4, -0.2) is 11.9 Å². The average Bonchev–Trinajstić information content (AvgIpc) is 3.03. The molecule has 0 aliphatic heterocycles. The summed E-state index contributed by atoms with van der Waals surface area (Å²) in [6.45, 7) is 7.06. The highest BCUT2D eigenvalue weighted by molar-refractivity contribution is 5.84. The van der Waals surface area contributed by atoms with E-state index in [0.29, 0.717) is 11.5 Å². The van der Waals surface area contributed by atoms with Crippen molar-refractivity contribution in [3.8, 4) is 33.8 Å². The highest BCUT2D eigenvalue weighted by Gasteiger charge is 2.14. The van der Waals surface area contributed by atoms with E-state index in [0.717, 1.165) is 45.4 Å². The largest absolute Gasteiger partial charge is 0.426 e. The van der Waals surface area contributed by atoms with Crippen molar-refractivity contribution in [3.63, 3.8) is 0 Å². The van der Waals surface area contributed by atoms with Gasteiger partial charge in [0.15, 0.2) is 0 Å². The Hall–Kier alpha value is -5.42. The fourth-order valence-corrected chi connectivity index (χ4v) is 4.45. The molecule has 0 aliphatic rings. The van der Waals surface area contributed by atoms with Crippen LogP contribution in [0.5, 0.6) is 11.5 Å². The molecule has 208 valence electrons. The lowest BCUT2D eigenvalue weighted by molar-refractivity contribution is -0.137. The Balaban J connectivity index is 1.38. The number of esters is 2. The van der Waals surface area contributed by atoms with E-state index in [-0.39, 0.29) is 11.9 Å². The summed E-state index contributed by atoms with van der Waals surface area (Å²) in [4.78, 5) is 25.6. The molecule has 0 saturated heterocycles. The minimum atomic E-state index is -0.483. The molecule has 0 amide bonds. The number of anilines is 3. The summed E-state index contributed by atoms with van der Waals surface area (Å²) < 4.78 is 10.6. The predicted molar refractivity (Wildman–Crippen MR) is 168 cm³/mol. The van der Waals surface area contributed by atoms with Gasteiger partial charge in [-0.05, 0) is 82.9 Å². The fraction of sp³-hybridized carbons (Fsp3) is 0.0811. The highest BCUT2D eigenvalue weighted by Crippen LogP contribution is 2.36. The number of rotatable bonds is 9. The lowest BCUT2D eigenvalue weighted by Crippen LogP contribution is -2.14. The number of carbonyl (C=O) groups excluding carboxylic acids is 2. The Kier molecular flexibility index (Phi) is 8.59. The van der Waals surface area contributed by atoms with Crippen LogP contribution in [0.15, 0.2) is 140 Å². The number of ether oxygens (including phenoxy) is 2. The van der Waals surface area contributed by atoms with Gasteiger partial charge in [0.25, 0.3) is 0 Å². The summed E-state index contributed by atoms with van der Waals surface area (Å²) >= 11 is 0. The van der Waals surface area contributed by atoms with Crippen molar-refractivity contribution in [2.45, 2.75) is 13.8 Å². The molecule has 0 spiro atoms. The normalized spacial score (nSPS) is 10.6. The first kappa shape index (κ1) is 28.1. The molecule has 42 heavy (non-hydrogen) atoms. The van der Waals surface area contributed by atoms with Gasteiger partial charge in [0.2, 0.25) is 0 Å². The van der Waals surface area contributed by atoms with Crippen molar-refractivity contribution in [1.82, 2.24) is 0 Å². The van der Waals surface area contributed by atoms with Gasteiger partial charge in [-0.1, -0.05) is 87.2 Å². The van der Waals surface area contributed by atoms with Gasteiger partial charge in [0.1, 0.15) is 11.5 Å². The second kappa shape index (κ2) is 12.8. The Labute approximate surface area is 246 Å². The maximum Gasteiger partial charge on any atom is 0.335 e. The Morgan fingerprint density at radius 2 is 0.952 bits per heavy atom. The van der Waals surface area contributed by atoms with Gasteiger partial charge in [-0.2, -0.15) is 0 Å². The molecule has 0 saturated carbocycles. The summed E-state index contributed by atoms with van der Waals surface area (Å²) in [5, 5.41) is 0. The van der Waals surface area contributed by atoms with Gasteiger partial charge in [0.05, 0.1) is 5.92 Å². The zero-order valence-electron chi connectivity index (χ0n) is 23.6. The van der Waals surface area contributed by atoms with Gasteiger partial charge >= 0.3 is 11.9 Å². The van der Waals surface area contributed by atoms with E-state index in [9.17, 15) is 9.59 Å². The van der Waals surface area contributed by atoms with Crippen LogP contribution >= 0.6 is 0 Å². The van der Waals surface area contributed by atoms with Crippen LogP contribution in [0.4, 0.5) is 17.1 Å². The zero-order valence-corrected chi connectivity index (χ0v) is 23.6. The van der Waals surface area contributed by atoms with Crippen LogP contribution in [0.25, 0.3) is 22.3 Å². The molecule has 0 atom stereocenters. The van der Waals surface area contributed by atoms with Crippen LogP contribution in [-0.2, 0) is 9.59 Å². The van der Waals surface area contributed by atoms with E-state index >= 15 is 0 Å². The maximum atomic E-state index is 11.9. The van der Waals surface area contributed by atoms with Crippen molar-refractivity contribution in [2.24, 2.45) is 5.92 Å². The Bertz CT molecular complexity index is 1660. The van der Waals surface area contributed by atoms with Crippen molar-refractivity contribution in [1.29, 1.82) is 0 Å². The average molecular weight is 554 g/mol. The number of nitrogens with zero attached hydrogens (tertiary/aromatic N) is 1. The molecule has 0 radical (unpaired) electrons. The standard InChI is InChI=1S/C37H31NO4/c1-4-36(39)41-34-22-14-29(15-23-34)27-10-18-32(19-11-27)38(31-8-6-5-7-9-31)33-20-12-28(13-21-33)30-16-24-35(25-17-30)42-37(40)26(2)3/h4-26H,1H2,2-3H3. The van der Waals surface area contributed by atoms with E-state index in [1.165, 1.54) is 0 Å². The molecule has 5 rings (SSSR count). The summed E-state index contributed by atoms with van der Waals surface area (Å²) in [5.41, 5.74) is 7.24. The van der Waals surface area contributed by atoms with Crippen molar-refractivity contribution >= 4 is 29.0 Å². The number of hydrogen-bond acceptors (Lipinski definition) is 5. The molecule has 0 unspecified atom stereocenters. The van der Waals surface area contributed by atoms with E-state index < -0.39 is 5.97 Å². The molecule has 0 heterocycles. The summed E-state index contributed by atoms with van der Waals surface area (Å²) in [6.07, 6.45) is 1.14. The van der Waals surface area contributed by atoms with E-state index in [1.807, 2.05) is 68.4 Å². The number of carbonyl (C=O) groups is 2. The third-order valence-electron chi connectivity index (χ3n) is 6.72. The minimum absolute atomic E-state index is 0.178. The molecule has 0 aromatic heterocycles. The van der Waals surface area contributed by atoms with Crippen LogP contribution in [0.2, 0.25) is 0 Å². The van der Waals surface area contributed by atoms with Gasteiger partial charge < -0.3 is 14.4 Å². The van der Waals surface area contributed by atoms with Gasteiger partial charge in [-0.3, -0.25) is 4.79 Å². The number of para-hydroxylation sites is 1. The molecule has 0 fully saturated rings. The van der Waals surface area contributed by atoms with E-state index in [4.69, 9.17) is 9.47 Å². The Morgan fingerprint density at radius 1 is 0.571 bits per heavy atom. The van der Waals surface area contributed by atoms with Gasteiger partial charge in [-0.25, -0.2) is 4.79 Å². The van der Waals surface area contributed by atoms with E-state index in [2.05, 4.69) is 72.1 Å². The van der Waals surface area contributed by atoms with Crippen molar-refractivity contribution < 1.29 is 19.1 Å². The molecule has 5 aromatic carbocycles. The minimum Gasteiger partial charge on any atom is -0.426 e. The predicted octanol–water partition coefficient (Wildman–Crippen LogP) is 9.14. The molecular weight excluding hydrogens is 522 g/mol. The SMILES string of the molecule is C=CC(=O)Oc1ccc(-c2ccc(N(c3ccccc3)c3ccc(-c4ccc(OC(=O)C(C)C)cc4)cc3)cc2)cc1. The van der Waals surface area contributed by atoms with Crippen molar-refractivity contribution in [2.75, 3.05) is 4.90 Å². The number of hydrogen-bond donors (Lipinski definition) is 0. The van der Waals surface area contributed by atoms with Crippen LogP contribution in [0.1, 0.15) is 13.8 Å². The topological polar surface area (TPSA) is 55.8 Å².